The molecule has 0 saturated carbocycles. The van der Waals surface area contributed by atoms with Gasteiger partial charge in [0, 0.05) is 6.54 Å². The van der Waals surface area contributed by atoms with E-state index in [1.165, 1.54) is 33.7 Å². The molecule has 0 fully saturated rings. The van der Waals surface area contributed by atoms with Gasteiger partial charge in [0.2, 0.25) is 0 Å². The smallest absolute Gasteiger partial charge is 0.330 e. The molecule has 0 radical (unpaired) electrons. The number of aromatic nitrogens is 2. The van der Waals surface area contributed by atoms with Crippen LogP contribution in [0.3, 0.4) is 0 Å². The number of carbonyl (C=O) groups excluding carboxylic acids is 1. The molecule has 3 aromatic rings. The minimum Gasteiger partial charge on any atom is -0.478 e. The molecule has 2 aromatic carbocycles. The molecular weight excluding hydrogens is 451 g/mol. The second kappa shape index (κ2) is 10.6. The molecule has 0 aliphatic heterocycles. The molecule has 1 amide bonds. The highest BCUT2D eigenvalue weighted by Gasteiger charge is 2.37. The number of halogens is 1. The average Bonchev–Trinajstić information content (AvgIpc) is 2.80. The average molecular weight is 483 g/mol. The molecule has 0 aliphatic rings. The zero-order valence-corrected chi connectivity index (χ0v) is 20.4. The Morgan fingerprint density at radius 3 is 2.34 bits per heavy atom. The number of hydrogen-bond donors (Lipinski definition) is 2. The standard InChI is InChI=1S/C26H31FN4O4/c1-17(2)14-15-30(24(33)26(3,4)35-20-12-10-19(27)11-13-20)21-22(28)31(25(34)29-23(21)32)16-18-8-6-5-7-9-18/h5-13,17H,14-16,28H2,1-4H3,(H,29,32,34). The van der Waals surface area contributed by atoms with E-state index < -0.39 is 28.6 Å². The Kier molecular flexibility index (Phi) is 7.78. The number of anilines is 2. The summed E-state index contributed by atoms with van der Waals surface area (Å²) in [6, 6.07) is 14.5. The number of nitrogens with one attached hydrogen (secondary N) is 1. The van der Waals surface area contributed by atoms with E-state index in [2.05, 4.69) is 4.98 Å². The van der Waals surface area contributed by atoms with Gasteiger partial charge < -0.3 is 15.4 Å². The van der Waals surface area contributed by atoms with Crippen LogP contribution in [-0.4, -0.2) is 27.6 Å². The highest BCUT2D eigenvalue weighted by molar-refractivity contribution is 6.00. The fraction of sp³-hybridized carbons (Fsp3) is 0.346. The molecular formula is C26H31FN4O4. The van der Waals surface area contributed by atoms with Crippen LogP contribution in [0.5, 0.6) is 5.75 Å². The van der Waals surface area contributed by atoms with Crippen molar-refractivity contribution in [2.45, 2.75) is 46.3 Å². The first-order valence-corrected chi connectivity index (χ1v) is 11.4. The molecule has 1 aromatic heterocycles. The Morgan fingerprint density at radius 2 is 1.74 bits per heavy atom. The maximum Gasteiger partial charge on any atom is 0.330 e. The molecule has 35 heavy (non-hydrogen) atoms. The van der Waals surface area contributed by atoms with Gasteiger partial charge >= 0.3 is 5.69 Å². The van der Waals surface area contributed by atoms with Crippen molar-refractivity contribution in [2.24, 2.45) is 5.92 Å². The first kappa shape index (κ1) is 25.7. The third kappa shape index (κ3) is 6.17. The van der Waals surface area contributed by atoms with Crippen molar-refractivity contribution in [3.63, 3.8) is 0 Å². The third-order valence-electron chi connectivity index (χ3n) is 5.54. The molecule has 9 heteroatoms. The van der Waals surface area contributed by atoms with Crippen LogP contribution in [0.1, 0.15) is 39.7 Å². The number of hydrogen-bond acceptors (Lipinski definition) is 5. The lowest BCUT2D eigenvalue weighted by Crippen LogP contribution is -2.52. The molecule has 0 unspecified atom stereocenters. The number of benzene rings is 2. The molecule has 3 N–H and O–H groups in total. The summed E-state index contributed by atoms with van der Waals surface area (Å²) in [7, 11) is 0. The van der Waals surface area contributed by atoms with E-state index >= 15 is 0 Å². The number of nitrogen functional groups attached to an aromatic ring is 1. The van der Waals surface area contributed by atoms with Crippen molar-refractivity contribution in [1.82, 2.24) is 9.55 Å². The first-order chi connectivity index (χ1) is 16.5. The lowest BCUT2D eigenvalue weighted by molar-refractivity contribution is -0.131. The number of amides is 1. The van der Waals surface area contributed by atoms with Crippen LogP contribution in [0.15, 0.2) is 64.2 Å². The molecule has 3 rings (SSSR count). The van der Waals surface area contributed by atoms with Crippen molar-refractivity contribution in [3.05, 3.63) is 86.8 Å². The zero-order chi connectivity index (χ0) is 25.8. The van der Waals surface area contributed by atoms with Crippen LogP contribution in [0.25, 0.3) is 0 Å². The highest BCUT2D eigenvalue weighted by Crippen LogP contribution is 2.26. The van der Waals surface area contributed by atoms with Gasteiger partial charge in [-0.05, 0) is 56.0 Å². The van der Waals surface area contributed by atoms with E-state index in [1.807, 2.05) is 44.2 Å². The van der Waals surface area contributed by atoms with E-state index in [0.717, 1.165) is 5.56 Å². The second-order valence-corrected chi connectivity index (χ2v) is 9.27. The van der Waals surface area contributed by atoms with Crippen molar-refractivity contribution in [1.29, 1.82) is 0 Å². The fourth-order valence-corrected chi connectivity index (χ4v) is 3.63. The molecule has 0 saturated heterocycles. The SMILES string of the molecule is CC(C)CCN(C(=O)C(C)(C)Oc1ccc(F)cc1)c1c(N)n(Cc2ccccc2)c(=O)[nH]c1=O. The summed E-state index contributed by atoms with van der Waals surface area (Å²) < 4.78 is 20.4. The maximum absolute atomic E-state index is 13.7. The molecule has 0 bridgehead atoms. The van der Waals surface area contributed by atoms with Crippen molar-refractivity contribution in [2.75, 3.05) is 17.2 Å². The summed E-state index contributed by atoms with van der Waals surface area (Å²) >= 11 is 0. The summed E-state index contributed by atoms with van der Waals surface area (Å²) in [5.74, 6) is -0.548. The van der Waals surface area contributed by atoms with E-state index in [9.17, 15) is 18.8 Å². The van der Waals surface area contributed by atoms with Gasteiger partial charge in [0.1, 0.15) is 17.4 Å². The lowest BCUT2D eigenvalue weighted by atomic mass is 10.0. The third-order valence-corrected chi connectivity index (χ3v) is 5.54. The molecule has 186 valence electrons. The van der Waals surface area contributed by atoms with Crippen LogP contribution < -0.4 is 26.6 Å². The van der Waals surface area contributed by atoms with Gasteiger partial charge in [-0.25, -0.2) is 9.18 Å². The first-order valence-electron chi connectivity index (χ1n) is 11.4. The van der Waals surface area contributed by atoms with Crippen LogP contribution in [0.4, 0.5) is 15.9 Å². The summed E-state index contributed by atoms with van der Waals surface area (Å²) in [5, 5.41) is 0. The van der Waals surface area contributed by atoms with Gasteiger partial charge in [-0.3, -0.25) is 19.1 Å². The Labute approximate surface area is 203 Å². The number of nitrogens with two attached hydrogens (primary N) is 1. The maximum atomic E-state index is 13.7. The van der Waals surface area contributed by atoms with Gasteiger partial charge in [0.25, 0.3) is 11.5 Å². The normalized spacial score (nSPS) is 11.5. The zero-order valence-electron chi connectivity index (χ0n) is 20.4. The minimum atomic E-state index is -1.42. The Bertz CT molecular complexity index is 1280. The van der Waals surface area contributed by atoms with Gasteiger partial charge in [0.15, 0.2) is 11.3 Å². The van der Waals surface area contributed by atoms with Gasteiger partial charge in [-0.2, -0.15) is 0 Å². The largest absolute Gasteiger partial charge is 0.478 e. The Hall–Kier alpha value is -3.88. The van der Waals surface area contributed by atoms with Crippen LogP contribution >= 0.6 is 0 Å². The molecule has 1 heterocycles. The summed E-state index contributed by atoms with van der Waals surface area (Å²) in [4.78, 5) is 42.9. The van der Waals surface area contributed by atoms with Crippen molar-refractivity contribution < 1.29 is 13.9 Å². The van der Waals surface area contributed by atoms with Gasteiger partial charge in [-0.1, -0.05) is 44.2 Å². The highest BCUT2D eigenvalue weighted by atomic mass is 19.1. The minimum absolute atomic E-state index is 0.109. The summed E-state index contributed by atoms with van der Waals surface area (Å²) in [5.41, 5.74) is 4.20. The summed E-state index contributed by atoms with van der Waals surface area (Å²) in [6.07, 6.45) is 0.578. The quantitative estimate of drug-likeness (QED) is 0.485. The van der Waals surface area contributed by atoms with E-state index in [-0.39, 0.29) is 30.5 Å². The van der Waals surface area contributed by atoms with Crippen LogP contribution in [0, 0.1) is 11.7 Å². The molecule has 8 nitrogen and oxygen atoms in total. The van der Waals surface area contributed by atoms with Crippen molar-refractivity contribution in [3.8, 4) is 5.75 Å². The lowest BCUT2D eigenvalue weighted by Gasteiger charge is -2.33. The van der Waals surface area contributed by atoms with Crippen molar-refractivity contribution >= 4 is 17.4 Å². The number of ether oxygens (including phenoxy) is 1. The van der Waals surface area contributed by atoms with E-state index in [1.54, 1.807) is 13.8 Å². The van der Waals surface area contributed by atoms with Crippen LogP contribution in [0.2, 0.25) is 0 Å². The monoisotopic (exact) mass is 482 g/mol. The predicted octanol–water partition coefficient (Wildman–Crippen LogP) is 3.54. The number of carbonyl (C=O) groups is 1. The number of nitrogens with zero attached hydrogens (tertiary/aromatic N) is 2. The van der Waals surface area contributed by atoms with E-state index in [0.29, 0.717) is 12.2 Å². The second-order valence-electron chi connectivity index (χ2n) is 9.27. The Balaban J connectivity index is 2.05. The molecule has 0 aliphatic carbocycles. The fourth-order valence-electron chi connectivity index (χ4n) is 3.63. The van der Waals surface area contributed by atoms with E-state index in [4.69, 9.17) is 10.5 Å². The molecule has 0 atom stereocenters. The van der Waals surface area contributed by atoms with Crippen LogP contribution in [-0.2, 0) is 11.3 Å². The predicted molar refractivity (Wildman–Crippen MR) is 134 cm³/mol. The number of aromatic amines is 1. The summed E-state index contributed by atoms with van der Waals surface area (Å²) in [6.45, 7) is 7.41. The molecule has 0 spiro atoms. The Morgan fingerprint density at radius 1 is 1.11 bits per heavy atom. The topological polar surface area (TPSA) is 110 Å². The van der Waals surface area contributed by atoms with Gasteiger partial charge in [0.05, 0.1) is 6.54 Å². The number of H-pyrrole nitrogens is 1. The van der Waals surface area contributed by atoms with Gasteiger partial charge in [-0.15, -0.1) is 0 Å². The number of rotatable bonds is 9.